The van der Waals surface area contributed by atoms with Crippen LogP contribution >= 0.6 is 23.2 Å². The monoisotopic (exact) mass is 271 g/mol. The smallest absolute Gasteiger partial charge is 0.0471 e. The molecule has 0 unspecified atom stereocenters. The summed E-state index contributed by atoms with van der Waals surface area (Å²) in [5.41, 5.74) is 7.68. The lowest BCUT2D eigenvalue weighted by Crippen LogP contribution is -2.55. The second-order valence-electron chi connectivity index (χ2n) is 5.34. The molecule has 1 nitrogen and oxygen atoms in total. The molecule has 1 aromatic rings. The average Bonchev–Trinajstić information content (AvgIpc) is 2.24. The van der Waals surface area contributed by atoms with Crippen molar-refractivity contribution < 1.29 is 0 Å². The highest BCUT2D eigenvalue weighted by Crippen LogP contribution is 2.57. The summed E-state index contributed by atoms with van der Waals surface area (Å²) in [5.74, 6) is 0. The zero-order chi connectivity index (χ0) is 12.7. The van der Waals surface area contributed by atoms with Crippen LogP contribution in [0.3, 0.4) is 0 Å². The number of hydrogen-bond acceptors (Lipinski definition) is 1. The van der Waals surface area contributed by atoms with E-state index >= 15 is 0 Å². The van der Waals surface area contributed by atoms with Gasteiger partial charge in [0.15, 0.2) is 0 Å². The zero-order valence-electron chi connectivity index (χ0n) is 10.4. The van der Waals surface area contributed by atoms with Crippen molar-refractivity contribution in [2.75, 3.05) is 0 Å². The van der Waals surface area contributed by atoms with Crippen LogP contribution in [0.1, 0.15) is 45.1 Å². The van der Waals surface area contributed by atoms with Gasteiger partial charge in [0.2, 0.25) is 0 Å². The SMILES string of the molecule is CCC1(CC)CC(N)(c2ccc(Cl)cc2Cl)C1. The van der Waals surface area contributed by atoms with Gasteiger partial charge in [-0.3, -0.25) is 0 Å². The Labute approximate surface area is 113 Å². The van der Waals surface area contributed by atoms with E-state index in [0.29, 0.717) is 15.5 Å². The summed E-state index contributed by atoms with van der Waals surface area (Å²) in [6, 6.07) is 5.63. The van der Waals surface area contributed by atoms with Crippen LogP contribution in [0.2, 0.25) is 10.0 Å². The number of nitrogens with two attached hydrogens (primary N) is 1. The Bertz CT molecular complexity index is 416. The van der Waals surface area contributed by atoms with E-state index in [0.717, 1.165) is 18.4 Å². The molecule has 94 valence electrons. The highest BCUT2D eigenvalue weighted by molar-refractivity contribution is 6.35. The molecule has 0 amide bonds. The Morgan fingerprint density at radius 1 is 1.18 bits per heavy atom. The molecule has 0 aliphatic heterocycles. The van der Waals surface area contributed by atoms with E-state index in [-0.39, 0.29) is 5.54 Å². The van der Waals surface area contributed by atoms with Gasteiger partial charge < -0.3 is 5.73 Å². The molecule has 0 heterocycles. The molecule has 1 aromatic carbocycles. The van der Waals surface area contributed by atoms with Crippen molar-refractivity contribution in [1.82, 2.24) is 0 Å². The van der Waals surface area contributed by atoms with Crippen LogP contribution in [0, 0.1) is 5.41 Å². The number of hydrogen-bond donors (Lipinski definition) is 1. The lowest BCUT2D eigenvalue weighted by molar-refractivity contribution is 0.0167. The fourth-order valence-corrected chi connectivity index (χ4v) is 3.72. The van der Waals surface area contributed by atoms with Crippen LogP contribution in [-0.4, -0.2) is 0 Å². The van der Waals surface area contributed by atoms with E-state index < -0.39 is 0 Å². The van der Waals surface area contributed by atoms with Gasteiger partial charge in [0.25, 0.3) is 0 Å². The predicted molar refractivity (Wildman–Crippen MR) is 74.6 cm³/mol. The van der Waals surface area contributed by atoms with E-state index in [1.807, 2.05) is 12.1 Å². The minimum atomic E-state index is -0.256. The van der Waals surface area contributed by atoms with Gasteiger partial charge in [0.05, 0.1) is 0 Å². The van der Waals surface area contributed by atoms with Gasteiger partial charge in [-0.2, -0.15) is 0 Å². The molecule has 0 saturated heterocycles. The van der Waals surface area contributed by atoms with Gasteiger partial charge in [-0.15, -0.1) is 0 Å². The first-order valence-electron chi connectivity index (χ1n) is 6.19. The molecule has 1 aliphatic rings. The zero-order valence-corrected chi connectivity index (χ0v) is 11.9. The molecule has 1 aliphatic carbocycles. The summed E-state index contributed by atoms with van der Waals surface area (Å²) < 4.78 is 0. The first-order chi connectivity index (χ1) is 7.95. The van der Waals surface area contributed by atoms with Crippen LogP contribution in [0.15, 0.2) is 18.2 Å². The standard InChI is InChI=1S/C14H19Cl2N/c1-3-13(4-2)8-14(17,9-13)11-6-5-10(15)7-12(11)16/h5-7H,3-4,8-9,17H2,1-2H3. The first-order valence-corrected chi connectivity index (χ1v) is 6.95. The fraction of sp³-hybridized carbons (Fsp3) is 0.571. The molecule has 0 spiro atoms. The second-order valence-corrected chi connectivity index (χ2v) is 6.18. The fourth-order valence-electron chi connectivity index (χ4n) is 3.12. The number of rotatable bonds is 3. The van der Waals surface area contributed by atoms with Crippen molar-refractivity contribution in [3.63, 3.8) is 0 Å². The largest absolute Gasteiger partial charge is 0.321 e. The van der Waals surface area contributed by atoms with Crippen LogP contribution in [0.25, 0.3) is 0 Å². The van der Waals surface area contributed by atoms with E-state index in [1.54, 1.807) is 6.07 Å². The van der Waals surface area contributed by atoms with Crippen molar-refractivity contribution in [1.29, 1.82) is 0 Å². The van der Waals surface area contributed by atoms with Crippen LogP contribution in [0.4, 0.5) is 0 Å². The summed E-state index contributed by atoms with van der Waals surface area (Å²) >= 11 is 12.2. The Morgan fingerprint density at radius 3 is 2.24 bits per heavy atom. The number of benzene rings is 1. The van der Waals surface area contributed by atoms with E-state index in [4.69, 9.17) is 28.9 Å². The normalized spacial score (nSPS) is 21.0. The second kappa shape index (κ2) is 4.46. The summed E-state index contributed by atoms with van der Waals surface area (Å²) in [5, 5.41) is 1.36. The summed E-state index contributed by atoms with van der Waals surface area (Å²) in [4.78, 5) is 0. The maximum atomic E-state index is 6.47. The molecule has 17 heavy (non-hydrogen) atoms. The molecular weight excluding hydrogens is 253 g/mol. The molecule has 0 bridgehead atoms. The van der Waals surface area contributed by atoms with Gasteiger partial charge in [0, 0.05) is 15.6 Å². The summed E-state index contributed by atoms with van der Waals surface area (Å²) in [7, 11) is 0. The van der Waals surface area contributed by atoms with Crippen molar-refractivity contribution in [3.05, 3.63) is 33.8 Å². The maximum absolute atomic E-state index is 6.47. The van der Waals surface area contributed by atoms with Crippen molar-refractivity contribution in [3.8, 4) is 0 Å². The van der Waals surface area contributed by atoms with Crippen molar-refractivity contribution in [2.45, 2.75) is 45.1 Å². The molecule has 1 saturated carbocycles. The van der Waals surface area contributed by atoms with Crippen LogP contribution in [0.5, 0.6) is 0 Å². The van der Waals surface area contributed by atoms with Gasteiger partial charge >= 0.3 is 0 Å². The minimum absolute atomic E-state index is 0.256. The van der Waals surface area contributed by atoms with Crippen molar-refractivity contribution >= 4 is 23.2 Å². The van der Waals surface area contributed by atoms with Gasteiger partial charge in [-0.25, -0.2) is 0 Å². The van der Waals surface area contributed by atoms with E-state index in [1.165, 1.54) is 12.8 Å². The minimum Gasteiger partial charge on any atom is -0.321 e. The third-order valence-corrected chi connectivity index (χ3v) is 4.90. The molecule has 0 radical (unpaired) electrons. The van der Waals surface area contributed by atoms with E-state index in [9.17, 15) is 0 Å². The molecular formula is C14H19Cl2N. The topological polar surface area (TPSA) is 26.0 Å². The maximum Gasteiger partial charge on any atom is 0.0471 e. The molecule has 1 fully saturated rings. The first kappa shape index (κ1) is 13.2. The molecule has 2 N–H and O–H groups in total. The molecule has 0 atom stereocenters. The lowest BCUT2D eigenvalue weighted by atomic mass is 9.53. The summed E-state index contributed by atoms with van der Waals surface area (Å²) in [6.45, 7) is 4.49. The van der Waals surface area contributed by atoms with Crippen LogP contribution < -0.4 is 5.73 Å². The third-order valence-electron chi connectivity index (χ3n) is 4.35. The van der Waals surface area contributed by atoms with Gasteiger partial charge in [0.1, 0.15) is 0 Å². The Morgan fingerprint density at radius 2 is 1.76 bits per heavy atom. The third kappa shape index (κ3) is 2.21. The lowest BCUT2D eigenvalue weighted by Gasteiger charge is -2.55. The molecule has 2 rings (SSSR count). The van der Waals surface area contributed by atoms with Gasteiger partial charge in [-0.05, 0) is 36.0 Å². The quantitative estimate of drug-likeness (QED) is 0.844. The van der Waals surface area contributed by atoms with Crippen molar-refractivity contribution in [2.24, 2.45) is 11.1 Å². The van der Waals surface area contributed by atoms with Gasteiger partial charge in [-0.1, -0.05) is 56.0 Å². The predicted octanol–water partition coefficient (Wildman–Crippen LogP) is 4.75. The Hall–Kier alpha value is -0.240. The highest BCUT2D eigenvalue weighted by atomic mass is 35.5. The highest BCUT2D eigenvalue weighted by Gasteiger charge is 2.51. The summed E-state index contributed by atoms with van der Waals surface area (Å²) in [6.07, 6.45) is 4.42. The molecule has 0 aromatic heterocycles. The number of halogens is 2. The Kier molecular flexibility index (Phi) is 3.46. The van der Waals surface area contributed by atoms with E-state index in [2.05, 4.69) is 13.8 Å². The van der Waals surface area contributed by atoms with Crippen LogP contribution in [-0.2, 0) is 5.54 Å². The Balaban J connectivity index is 2.25. The molecule has 3 heteroatoms. The average molecular weight is 272 g/mol.